The minimum Gasteiger partial charge on any atom is -0.492 e. The summed E-state index contributed by atoms with van der Waals surface area (Å²) in [5.41, 5.74) is 1.28. The zero-order chi connectivity index (χ0) is 18.4. The van der Waals surface area contributed by atoms with Crippen molar-refractivity contribution in [1.29, 1.82) is 0 Å². The summed E-state index contributed by atoms with van der Waals surface area (Å²) in [5, 5.41) is 11.6. The lowest BCUT2D eigenvalue weighted by Crippen LogP contribution is -2.14. The summed E-state index contributed by atoms with van der Waals surface area (Å²) in [6.07, 6.45) is 0. The summed E-state index contributed by atoms with van der Waals surface area (Å²) >= 11 is 7.27. The third-order valence-corrected chi connectivity index (χ3v) is 4.45. The maximum absolute atomic E-state index is 12.2. The molecule has 6 nitrogen and oxygen atoms in total. The number of hydrogen-bond acceptors (Lipinski definition) is 6. The van der Waals surface area contributed by atoms with Crippen LogP contribution in [0.3, 0.4) is 0 Å². The molecule has 0 spiro atoms. The van der Waals surface area contributed by atoms with Gasteiger partial charge in [0.2, 0.25) is 11.8 Å². The molecule has 3 aromatic rings. The lowest BCUT2D eigenvalue weighted by atomic mass is 10.2. The molecule has 1 amide bonds. The van der Waals surface area contributed by atoms with Crippen LogP contribution in [0.15, 0.2) is 58.2 Å². The smallest absolute Gasteiger partial charge is 0.277 e. The predicted octanol–water partition coefficient (Wildman–Crippen LogP) is 4.52. The van der Waals surface area contributed by atoms with E-state index in [4.69, 9.17) is 20.8 Å². The molecule has 0 saturated carbocycles. The van der Waals surface area contributed by atoms with E-state index in [0.29, 0.717) is 39.7 Å². The van der Waals surface area contributed by atoms with Gasteiger partial charge in [-0.1, -0.05) is 47.6 Å². The van der Waals surface area contributed by atoms with Gasteiger partial charge in [-0.25, -0.2) is 0 Å². The summed E-state index contributed by atoms with van der Waals surface area (Å²) in [4.78, 5) is 12.2. The SMILES string of the molecule is CCOc1ccccc1NC(=O)CSc1nnc(-c2ccccc2Cl)o1. The first-order chi connectivity index (χ1) is 12.7. The minimum absolute atomic E-state index is 0.130. The molecular formula is C18H16ClN3O3S. The van der Waals surface area contributed by atoms with Crippen molar-refractivity contribution in [2.24, 2.45) is 0 Å². The summed E-state index contributed by atoms with van der Waals surface area (Å²) < 4.78 is 11.1. The lowest BCUT2D eigenvalue weighted by Gasteiger charge is -2.10. The van der Waals surface area contributed by atoms with E-state index in [1.165, 1.54) is 0 Å². The number of anilines is 1. The topological polar surface area (TPSA) is 77.2 Å². The standard InChI is InChI=1S/C18H16ClN3O3S/c1-2-24-15-10-6-5-9-14(15)20-16(23)11-26-18-22-21-17(25-18)12-7-3-4-8-13(12)19/h3-10H,2,11H2,1H3,(H,20,23). The minimum atomic E-state index is -0.195. The number of thioether (sulfide) groups is 1. The number of halogens is 1. The van der Waals surface area contributed by atoms with Crippen molar-refractivity contribution in [1.82, 2.24) is 10.2 Å². The molecule has 0 saturated heterocycles. The monoisotopic (exact) mass is 389 g/mol. The number of nitrogens with zero attached hydrogens (tertiary/aromatic N) is 2. The average Bonchev–Trinajstić information content (AvgIpc) is 3.11. The van der Waals surface area contributed by atoms with Crippen LogP contribution in [-0.4, -0.2) is 28.5 Å². The predicted molar refractivity (Wildman–Crippen MR) is 102 cm³/mol. The number of carbonyl (C=O) groups is 1. The Morgan fingerprint density at radius 1 is 1.19 bits per heavy atom. The number of rotatable bonds is 7. The van der Waals surface area contributed by atoms with Crippen molar-refractivity contribution in [2.45, 2.75) is 12.1 Å². The van der Waals surface area contributed by atoms with E-state index in [2.05, 4.69) is 15.5 Å². The molecule has 134 valence electrons. The molecular weight excluding hydrogens is 374 g/mol. The quantitative estimate of drug-likeness (QED) is 0.598. The highest BCUT2D eigenvalue weighted by Gasteiger charge is 2.14. The third-order valence-electron chi connectivity index (χ3n) is 3.30. The molecule has 26 heavy (non-hydrogen) atoms. The van der Waals surface area contributed by atoms with Gasteiger partial charge in [0.05, 0.1) is 28.6 Å². The van der Waals surface area contributed by atoms with Crippen LogP contribution < -0.4 is 10.1 Å². The Balaban J connectivity index is 1.60. The van der Waals surface area contributed by atoms with Crippen LogP contribution in [0.2, 0.25) is 5.02 Å². The normalized spacial score (nSPS) is 10.5. The molecule has 0 aliphatic rings. The Hall–Kier alpha value is -2.51. The van der Waals surface area contributed by atoms with Crippen LogP contribution in [0.25, 0.3) is 11.5 Å². The summed E-state index contributed by atoms with van der Waals surface area (Å²) in [7, 11) is 0. The highest BCUT2D eigenvalue weighted by molar-refractivity contribution is 7.99. The van der Waals surface area contributed by atoms with Crippen molar-refractivity contribution in [3.05, 3.63) is 53.6 Å². The number of aromatic nitrogens is 2. The van der Waals surface area contributed by atoms with Gasteiger partial charge in [-0.05, 0) is 31.2 Å². The molecule has 1 N–H and O–H groups in total. The Labute approximate surface area is 159 Å². The number of carbonyl (C=O) groups excluding carboxylic acids is 1. The van der Waals surface area contributed by atoms with Gasteiger partial charge < -0.3 is 14.5 Å². The third kappa shape index (κ3) is 4.56. The second-order valence-electron chi connectivity index (χ2n) is 5.12. The van der Waals surface area contributed by atoms with Gasteiger partial charge in [-0.2, -0.15) is 0 Å². The molecule has 0 fully saturated rings. The van der Waals surface area contributed by atoms with Gasteiger partial charge in [-0.15, -0.1) is 10.2 Å². The molecule has 0 aliphatic carbocycles. The van der Waals surface area contributed by atoms with E-state index >= 15 is 0 Å². The van der Waals surface area contributed by atoms with Crippen LogP contribution >= 0.6 is 23.4 Å². The van der Waals surface area contributed by atoms with E-state index in [-0.39, 0.29) is 11.7 Å². The Morgan fingerprint density at radius 2 is 1.96 bits per heavy atom. The van der Waals surface area contributed by atoms with Gasteiger partial charge in [0.1, 0.15) is 5.75 Å². The zero-order valence-electron chi connectivity index (χ0n) is 13.9. The molecule has 0 aliphatic heterocycles. The van der Waals surface area contributed by atoms with Gasteiger partial charge in [0, 0.05) is 0 Å². The van der Waals surface area contributed by atoms with Gasteiger partial charge in [-0.3, -0.25) is 4.79 Å². The molecule has 0 radical (unpaired) electrons. The largest absolute Gasteiger partial charge is 0.492 e. The molecule has 1 aromatic heterocycles. The van der Waals surface area contributed by atoms with E-state index in [1.807, 2.05) is 31.2 Å². The molecule has 2 aromatic carbocycles. The molecule has 0 unspecified atom stereocenters. The number of nitrogens with one attached hydrogen (secondary N) is 1. The van der Waals surface area contributed by atoms with Gasteiger partial charge >= 0.3 is 0 Å². The fourth-order valence-corrected chi connectivity index (χ4v) is 2.96. The first kappa shape index (κ1) is 18.3. The highest BCUT2D eigenvalue weighted by Crippen LogP contribution is 2.29. The zero-order valence-corrected chi connectivity index (χ0v) is 15.5. The van der Waals surface area contributed by atoms with Gasteiger partial charge in [0.25, 0.3) is 5.22 Å². The van der Waals surface area contributed by atoms with E-state index in [9.17, 15) is 4.79 Å². The maximum atomic E-state index is 12.2. The Bertz CT molecular complexity index is 901. The van der Waals surface area contributed by atoms with Crippen molar-refractivity contribution >= 4 is 35.0 Å². The second-order valence-corrected chi connectivity index (χ2v) is 6.45. The molecule has 0 bridgehead atoms. The second kappa shape index (κ2) is 8.73. The average molecular weight is 390 g/mol. The molecule has 8 heteroatoms. The van der Waals surface area contributed by atoms with E-state index < -0.39 is 0 Å². The van der Waals surface area contributed by atoms with Gasteiger partial charge in [0.15, 0.2) is 0 Å². The van der Waals surface area contributed by atoms with Crippen molar-refractivity contribution in [3.8, 4) is 17.2 Å². The summed E-state index contributed by atoms with van der Waals surface area (Å²) in [6.45, 7) is 2.41. The maximum Gasteiger partial charge on any atom is 0.277 e. The number of ether oxygens (including phenoxy) is 1. The van der Waals surface area contributed by atoms with E-state index in [1.54, 1.807) is 24.3 Å². The number of hydrogen-bond donors (Lipinski definition) is 1. The summed E-state index contributed by atoms with van der Waals surface area (Å²) in [6, 6.07) is 14.5. The van der Waals surface area contributed by atoms with Crippen LogP contribution in [0.5, 0.6) is 5.75 Å². The van der Waals surface area contributed by atoms with Crippen molar-refractivity contribution in [2.75, 3.05) is 17.7 Å². The fraction of sp³-hybridized carbons (Fsp3) is 0.167. The Kier molecular flexibility index (Phi) is 6.14. The van der Waals surface area contributed by atoms with Crippen molar-refractivity contribution < 1.29 is 13.9 Å². The van der Waals surface area contributed by atoms with E-state index in [0.717, 1.165) is 11.8 Å². The Morgan fingerprint density at radius 3 is 2.77 bits per heavy atom. The first-order valence-corrected chi connectivity index (χ1v) is 9.26. The number of amides is 1. The molecule has 3 rings (SSSR count). The molecule has 1 heterocycles. The van der Waals surface area contributed by atoms with Crippen LogP contribution in [0, 0.1) is 0 Å². The highest BCUT2D eigenvalue weighted by atomic mass is 35.5. The van der Waals surface area contributed by atoms with Crippen LogP contribution in [0.4, 0.5) is 5.69 Å². The molecule has 0 atom stereocenters. The van der Waals surface area contributed by atoms with Crippen LogP contribution in [-0.2, 0) is 4.79 Å². The number of benzene rings is 2. The number of para-hydroxylation sites is 2. The van der Waals surface area contributed by atoms with Crippen LogP contribution in [0.1, 0.15) is 6.92 Å². The lowest BCUT2D eigenvalue weighted by molar-refractivity contribution is -0.113. The van der Waals surface area contributed by atoms with Crippen molar-refractivity contribution in [3.63, 3.8) is 0 Å². The first-order valence-electron chi connectivity index (χ1n) is 7.90. The summed E-state index contributed by atoms with van der Waals surface area (Å²) in [5.74, 6) is 0.886. The fourth-order valence-electron chi connectivity index (χ4n) is 2.18.